The Kier molecular flexibility index (Phi) is 5.33. The zero-order valence-electron chi connectivity index (χ0n) is 14.2. The Hall–Kier alpha value is -2.82. The van der Waals surface area contributed by atoms with E-state index in [0.29, 0.717) is 30.8 Å². The molecule has 2 N–H and O–H groups in total. The normalized spacial score (nSPS) is 15.6. The SMILES string of the molecule is CCC(=O)Nc1cccc(NC(=O)C[C@H]2CCOc3ccccc32)c1. The van der Waals surface area contributed by atoms with Crippen molar-refractivity contribution >= 4 is 23.2 Å². The van der Waals surface area contributed by atoms with Crippen LogP contribution in [-0.2, 0) is 9.59 Å². The monoisotopic (exact) mass is 338 g/mol. The van der Waals surface area contributed by atoms with Crippen molar-refractivity contribution in [2.24, 2.45) is 0 Å². The van der Waals surface area contributed by atoms with E-state index in [1.165, 1.54) is 0 Å². The van der Waals surface area contributed by atoms with E-state index in [0.717, 1.165) is 17.7 Å². The van der Waals surface area contributed by atoms with Gasteiger partial charge >= 0.3 is 0 Å². The highest BCUT2D eigenvalue weighted by atomic mass is 16.5. The largest absolute Gasteiger partial charge is 0.493 e. The summed E-state index contributed by atoms with van der Waals surface area (Å²) in [6.45, 7) is 2.43. The molecule has 0 fully saturated rings. The van der Waals surface area contributed by atoms with Gasteiger partial charge in [0.05, 0.1) is 6.61 Å². The number of fused-ring (bicyclic) bond motifs is 1. The van der Waals surface area contributed by atoms with Gasteiger partial charge in [-0.3, -0.25) is 9.59 Å². The van der Waals surface area contributed by atoms with Gasteiger partial charge in [0.25, 0.3) is 0 Å². The van der Waals surface area contributed by atoms with Gasteiger partial charge in [-0.15, -0.1) is 0 Å². The molecule has 130 valence electrons. The first-order valence-electron chi connectivity index (χ1n) is 8.57. The van der Waals surface area contributed by atoms with Crippen LogP contribution in [0.5, 0.6) is 5.75 Å². The van der Waals surface area contributed by atoms with Crippen LogP contribution in [0.4, 0.5) is 11.4 Å². The number of para-hydroxylation sites is 1. The third-order valence-electron chi connectivity index (χ3n) is 4.27. The molecular weight excluding hydrogens is 316 g/mol. The molecule has 2 aromatic rings. The van der Waals surface area contributed by atoms with Crippen molar-refractivity contribution in [1.82, 2.24) is 0 Å². The van der Waals surface area contributed by atoms with Crippen LogP contribution < -0.4 is 15.4 Å². The van der Waals surface area contributed by atoms with Gasteiger partial charge in [-0.25, -0.2) is 0 Å². The van der Waals surface area contributed by atoms with Gasteiger partial charge < -0.3 is 15.4 Å². The molecule has 2 amide bonds. The molecule has 0 aromatic heterocycles. The highest BCUT2D eigenvalue weighted by Gasteiger charge is 2.23. The summed E-state index contributed by atoms with van der Waals surface area (Å²) in [5, 5.41) is 5.71. The maximum atomic E-state index is 12.4. The third-order valence-corrected chi connectivity index (χ3v) is 4.27. The van der Waals surface area contributed by atoms with E-state index < -0.39 is 0 Å². The van der Waals surface area contributed by atoms with Gasteiger partial charge in [0.15, 0.2) is 0 Å². The van der Waals surface area contributed by atoms with E-state index in [9.17, 15) is 9.59 Å². The van der Waals surface area contributed by atoms with E-state index in [-0.39, 0.29) is 17.7 Å². The van der Waals surface area contributed by atoms with Gasteiger partial charge in [-0.2, -0.15) is 0 Å². The van der Waals surface area contributed by atoms with E-state index in [1.54, 1.807) is 19.1 Å². The van der Waals surface area contributed by atoms with Gasteiger partial charge in [0.2, 0.25) is 11.8 Å². The average molecular weight is 338 g/mol. The molecule has 3 rings (SSSR count). The van der Waals surface area contributed by atoms with Gasteiger partial charge in [-0.05, 0) is 42.2 Å². The van der Waals surface area contributed by atoms with Crippen molar-refractivity contribution in [2.75, 3.05) is 17.2 Å². The van der Waals surface area contributed by atoms with Crippen LogP contribution in [0, 0.1) is 0 Å². The maximum Gasteiger partial charge on any atom is 0.224 e. The number of amides is 2. The zero-order valence-corrected chi connectivity index (χ0v) is 14.2. The molecule has 0 saturated carbocycles. The first-order valence-corrected chi connectivity index (χ1v) is 8.57. The second kappa shape index (κ2) is 7.83. The molecule has 0 spiro atoms. The summed E-state index contributed by atoms with van der Waals surface area (Å²) in [4.78, 5) is 23.9. The number of nitrogens with one attached hydrogen (secondary N) is 2. The molecule has 5 heteroatoms. The minimum Gasteiger partial charge on any atom is -0.493 e. The number of ether oxygens (including phenoxy) is 1. The quantitative estimate of drug-likeness (QED) is 0.868. The topological polar surface area (TPSA) is 67.4 Å². The second-order valence-corrected chi connectivity index (χ2v) is 6.11. The van der Waals surface area contributed by atoms with E-state index in [1.807, 2.05) is 36.4 Å². The smallest absolute Gasteiger partial charge is 0.224 e. The summed E-state index contributed by atoms with van der Waals surface area (Å²) in [6, 6.07) is 15.1. The Labute approximate surface area is 147 Å². The molecule has 0 unspecified atom stereocenters. The average Bonchev–Trinajstić information content (AvgIpc) is 2.62. The van der Waals surface area contributed by atoms with E-state index in [4.69, 9.17) is 4.74 Å². The summed E-state index contributed by atoms with van der Waals surface area (Å²) >= 11 is 0. The second-order valence-electron chi connectivity index (χ2n) is 6.11. The van der Waals surface area contributed by atoms with Crippen LogP contribution in [0.1, 0.15) is 37.7 Å². The molecule has 0 bridgehead atoms. The highest BCUT2D eigenvalue weighted by Crippen LogP contribution is 2.35. The minimum atomic E-state index is -0.0534. The van der Waals surface area contributed by atoms with E-state index in [2.05, 4.69) is 10.6 Å². The highest BCUT2D eigenvalue weighted by molar-refractivity contribution is 5.94. The summed E-state index contributed by atoms with van der Waals surface area (Å²) in [7, 11) is 0. The molecule has 1 aliphatic heterocycles. The third kappa shape index (κ3) is 4.38. The fourth-order valence-electron chi connectivity index (χ4n) is 2.99. The Bertz CT molecular complexity index is 773. The number of carbonyl (C=O) groups is 2. The van der Waals surface area contributed by atoms with Crippen molar-refractivity contribution < 1.29 is 14.3 Å². The zero-order chi connectivity index (χ0) is 17.6. The number of carbonyl (C=O) groups excluding carboxylic acids is 2. The van der Waals surface area contributed by atoms with E-state index >= 15 is 0 Å². The van der Waals surface area contributed by atoms with Crippen molar-refractivity contribution in [2.45, 2.75) is 32.1 Å². The number of anilines is 2. The van der Waals surface area contributed by atoms with Gasteiger partial charge in [0.1, 0.15) is 5.75 Å². The lowest BCUT2D eigenvalue weighted by molar-refractivity contribution is -0.117. The molecule has 5 nitrogen and oxygen atoms in total. The molecule has 25 heavy (non-hydrogen) atoms. The molecule has 0 saturated heterocycles. The summed E-state index contributed by atoms with van der Waals surface area (Å²) in [6.07, 6.45) is 1.66. The molecule has 0 aliphatic carbocycles. The lowest BCUT2D eigenvalue weighted by Gasteiger charge is -2.25. The van der Waals surface area contributed by atoms with Crippen LogP contribution in [0.2, 0.25) is 0 Å². The van der Waals surface area contributed by atoms with Crippen LogP contribution in [0.15, 0.2) is 48.5 Å². The molecular formula is C20H22N2O3. The Morgan fingerprint density at radius 2 is 1.76 bits per heavy atom. The number of hydrogen-bond acceptors (Lipinski definition) is 3. The molecule has 2 aromatic carbocycles. The first kappa shape index (κ1) is 17.0. The lowest BCUT2D eigenvalue weighted by atomic mass is 9.90. The number of rotatable bonds is 5. The maximum absolute atomic E-state index is 12.4. The number of benzene rings is 2. The van der Waals surface area contributed by atoms with Crippen molar-refractivity contribution in [1.29, 1.82) is 0 Å². The summed E-state index contributed by atoms with van der Waals surface area (Å²) in [5.74, 6) is 0.937. The van der Waals surface area contributed by atoms with Crippen molar-refractivity contribution in [3.05, 3.63) is 54.1 Å². The van der Waals surface area contributed by atoms with Crippen LogP contribution in [-0.4, -0.2) is 18.4 Å². The molecule has 0 radical (unpaired) electrons. The molecule has 1 heterocycles. The minimum absolute atomic E-state index is 0.0410. The predicted octanol–water partition coefficient (Wildman–Crippen LogP) is 3.93. The van der Waals surface area contributed by atoms with Crippen molar-refractivity contribution in [3.63, 3.8) is 0 Å². The van der Waals surface area contributed by atoms with Gasteiger partial charge in [-0.1, -0.05) is 31.2 Å². The lowest BCUT2D eigenvalue weighted by Crippen LogP contribution is -2.20. The molecule has 1 atom stereocenters. The fourth-order valence-corrected chi connectivity index (χ4v) is 2.99. The Morgan fingerprint density at radius 1 is 1.04 bits per heavy atom. The van der Waals surface area contributed by atoms with Crippen molar-refractivity contribution in [3.8, 4) is 5.75 Å². The van der Waals surface area contributed by atoms with Crippen LogP contribution in [0.25, 0.3) is 0 Å². The number of hydrogen-bond donors (Lipinski definition) is 2. The van der Waals surface area contributed by atoms with Crippen LogP contribution >= 0.6 is 0 Å². The first-order chi connectivity index (χ1) is 12.2. The predicted molar refractivity (Wildman–Crippen MR) is 97.9 cm³/mol. The summed E-state index contributed by atoms with van der Waals surface area (Å²) in [5.41, 5.74) is 2.45. The standard InChI is InChI=1S/C20H22N2O3/c1-2-19(23)21-15-6-5-7-16(13-15)22-20(24)12-14-10-11-25-18-9-4-3-8-17(14)18/h3-9,13-14H,2,10-12H2,1H3,(H,21,23)(H,22,24)/t14-/m1/s1. The molecule has 1 aliphatic rings. The van der Waals surface area contributed by atoms with Gasteiger partial charge in [0, 0.05) is 24.2 Å². The fraction of sp³-hybridized carbons (Fsp3) is 0.300. The van der Waals surface area contributed by atoms with Crippen LogP contribution in [0.3, 0.4) is 0 Å². The Balaban J connectivity index is 1.64. The Morgan fingerprint density at radius 3 is 2.52 bits per heavy atom. The summed E-state index contributed by atoms with van der Waals surface area (Å²) < 4.78 is 5.64.